The summed E-state index contributed by atoms with van der Waals surface area (Å²) in [6, 6.07) is 1.51. The van der Waals surface area contributed by atoms with Gasteiger partial charge in [0, 0.05) is 18.7 Å². The summed E-state index contributed by atoms with van der Waals surface area (Å²) in [5.74, 6) is 2.80. The summed E-state index contributed by atoms with van der Waals surface area (Å²) in [5, 5.41) is 0.230. The van der Waals surface area contributed by atoms with E-state index in [1.807, 2.05) is 18.9 Å². The maximum absolute atomic E-state index is 13.3. The fraction of sp³-hybridized carbons (Fsp3) is 0.538. The highest BCUT2D eigenvalue weighted by molar-refractivity contribution is 6.29. The normalized spacial score (nSPS) is 25.0. The van der Waals surface area contributed by atoms with E-state index in [2.05, 4.69) is 15.9 Å². The molecule has 1 aromatic heterocycles. The molecule has 1 aliphatic heterocycles. The number of terminal acetylenes is 1. The van der Waals surface area contributed by atoms with E-state index in [1.165, 1.54) is 6.07 Å². The maximum atomic E-state index is 13.3. The third-order valence-electron chi connectivity index (χ3n) is 3.20. The highest BCUT2D eigenvalue weighted by atomic mass is 35.5. The summed E-state index contributed by atoms with van der Waals surface area (Å²) in [6.07, 6.45) is 4.68. The number of hydrogen-bond donors (Lipinski definition) is 0. The Morgan fingerprint density at radius 2 is 2.37 bits per heavy atom. The zero-order valence-corrected chi connectivity index (χ0v) is 11.6. The lowest BCUT2D eigenvalue weighted by Gasteiger charge is -2.25. The summed E-state index contributed by atoms with van der Waals surface area (Å²) in [7, 11) is 1.88. The quantitative estimate of drug-likeness (QED) is 0.627. The summed E-state index contributed by atoms with van der Waals surface area (Å²) in [6.45, 7) is 2.31. The van der Waals surface area contributed by atoms with E-state index in [-0.39, 0.29) is 23.1 Å². The Morgan fingerprint density at radius 1 is 1.63 bits per heavy atom. The first-order valence-electron chi connectivity index (χ1n) is 6.01. The van der Waals surface area contributed by atoms with Gasteiger partial charge in [0.05, 0.1) is 0 Å². The molecule has 0 aliphatic carbocycles. The van der Waals surface area contributed by atoms with E-state index in [1.54, 1.807) is 0 Å². The number of likely N-dealkylation sites (tertiary alicyclic amines) is 1. The predicted molar refractivity (Wildman–Crippen MR) is 71.0 cm³/mol. The molecule has 6 heteroatoms. The molecule has 0 unspecified atom stereocenters. The van der Waals surface area contributed by atoms with Gasteiger partial charge in [-0.1, -0.05) is 11.6 Å². The zero-order chi connectivity index (χ0) is 14.0. The zero-order valence-electron chi connectivity index (χ0n) is 10.8. The highest BCUT2D eigenvalue weighted by Gasteiger charge is 2.34. The lowest BCUT2D eigenvalue weighted by atomic mass is 10.1. The van der Waals surface area contributed by atoms with Gasteiger partial charge in [-0.2, -0.15) is 4.98 Å². The third-order valence-corrected chi connectivity index (χ3v) is 3.39. The number of halogens is 2. The average Bonchev–Trinajstić information content (AvgIpc) is 2.67. The van der Waals surface area contributed by atoms with Crippen LogP contribution >= 0.6 is 11.6 Å². The van der Waals surface area contributed by atoms with E-state index in [0.29, 0.717) is 18.8 Å². The fourth-order valence-corrected chi connectivity index (χ4v) is 2.48. The van der Waals surface area contributed by atoms with Gasteiger partial charge in [-0.15, -0.1) is 6.42 Å². The smallest absolute Gasteiger partial charge is 0.219 e. The Labute approximate surface area is 116 Å². The van der Waals surface area contributed by atoms with Crippen LogP contribution in [0.2, 0.25) is 5.15 Å². The number of likely N-dealkylation sites (N-methyl/N-ethyl adjacent to an activating group) is 1. The van der Waals surface area contributed by atoms with Gasteiger partial charge in [-0.25, -0.2) is 9.37 Å². The lowest BCUT2D eigenvalue weighted by Crippen LogP contribution is -2.38. The first-order chi connectivity index (χ1) is 8.99. The van der Waals surface area contributed by atoms with Crippen LogP contribution in [0.1, 0.15) is 19.2 Å². The minimum atomic E-state index is -0.809. The SMILES string of the molecule is C#Cc1nc(Cl)cc(O[C@@H](C)[C@@H]2C[C@@H](F)CN2C)n1. The predicted octanol–water partition coefficient (Wildman–Crippen LogP) is 1.92. The van der Waals surface area contributed by atoms with Crippen molar-refractivity contribution in [1.82, 2.24) is 14.9 Å². The Kier molecular flexibility index (Phi) is 4.23. The van der Waals surface area contributed by atoms with Crippen LogP contribution in [0.3, 0.4) is 0 Å². The maximum Gasteiger partial charge on any atom is 0.219 e. The molecule has 2 rings (SSSR count). The van der Waals surface area contributed by atoms with E-state index in [4.69, 9.17) is 22.8 Å². The lowest BCUT2D eigenvalue weighted by molar-refractivity contribution is 0.116. The van der Waals surface area contributed by atoms with Crippen molar-refractivity contribution in [3.05, 3.63) is 17.0 Å². The molecular formula is C13H15ClFN3O. The van der Waals surface area contributed by atoms with Crippen molar-refractivity contribution in [2.24, 2.45) is 0 Å². The van der Waals surface area contributed by atoms with Crippen LogP contribution in [0.15, 0.2) is 6.07 Å². The fourth-order valence-electron chi connectivity index (χ4n) is 2.31. The second kappa shape index (κ2) is 5.72. The van der Waals surface area contributed by atoms with Gasteiger partial charge < -0.3 is 4.74 Å². The van der Waals surface area contributed by atoms with Crippen molar-refractivity contribution in [2.45, 2.75) is 31.7 Å². The minimum absolute atomic E-state index is 0.0121. The molecule has 102 valence electrons. The molecule has 0 amide bonds. The number of nitrogens with zero attached hydrogens (tertiary/aromatic N) is 3. The van der Waals surface area contributed by atoms with Crippen LogP contribution in [0.25, 0.3) is 0 Å². The molecule has 0 bridgehead atoms. The monoisotopic (exact) mass is 283 g/mol. The van der Waals surface area contributed by atoms with Crippen LogP contribution in [-0.4, -0.2) is 46.8 Å². The molecule has 0 aromatic carbocycles. The largest absolute Gasteiger partial charge is 0.473 e. The average molecular weight is 284 g/mol. The van der Waals surface area contributed by atoms with Gasteiger partial charge in [0.1, 0.15) is 17.4 Å². The number of rotatable bonds is 3. The molecule has 2 heterocycles. The molecule has 3 atom stereocenters. The second-order valence-electron chi connectivity index (χ2n) is 4.66. The second-order valence-corrected chi connectivity index (χ2v) is 5.05. The molecular weight excluding hydrogens is 269 g/mol. The van der Waals surface area contributed by atoms with Crippen LogP contribution < -0.4 is 4.74 Å². The Bertz CT molecular complexity index is 505. The molecule has 19 heavy (non-hydrogen) atoms. The van der Waals surface area contributed by atoms with Gasteiger partial charge in [-0.05, 0) is 26.3 Å². The first kappa shape index (κ1) is 14.0. The summed E-state index contributed by atoms with van der Waals surface area (Å²) in [4.78, 5) is 9.84. The Morgan fingerprint density at radius 3 is 2.95 bits per heavy atom. The van der Waals surface area contributed by atoms with E-state index in [9.17, 15) is 4.39 Å². The molecule has 1 aliphatic rings. The van der Waals surface area contributed by atoms with E-state index < -0.39 is 6.17 Å². The van der Waals surface area contributed by atoms with Crippen molar-refractivity contribution < 1.29 is 9.13 Å². The number of aromatic nitrogens is 2. The molecule has 4 nitrogen and oxygen atoms in total. The third kappa shape index (κ3) is 3.34. The van der Waals surface area contributed by atoms with Crippen molar-refractivity contribution >= 4 is 11.6 Å². The van der Waals surface area contributed by atoms with Gasteiger partial charge in [0.25, 0.3) is 0 Å². The summed E-state index contributed by atoms with van der Waals surface area (Å²) in [5.41, 5.74) is 0. The van der Waals surface area contributed by atoms with E-state index in [0.717, 1.165) is 0 Å². The molecule has 0 N–H and O–H groups in total. The van der Waals surface area contributed by atoms with Crippen LogP contribution in [-0.2, 0) is 0 Å². The molecule has 1 fully saturated rings. The van der Waals surface area contributed by atoms with Crippen molar-refractivity contribution in [3.8, 4) is 18.2 Å². The number of ether oxygens (including phenoxy) is 1. The first-order valence-corrected chi connectivity index (χ1v) is 6.39. The Balaban J connectivity index is 2.09. The molecule has 1 aromatic rings. The topological polar surface area (TPSA) is 38.2 Å². The Hall–Kier alpha value is -1.38. The van der Waals surface area contributed by atoms with Crippen molar-refractivity contribution in [1.29, 1.82) is 0 Å². The van der Waals surface area contributed by atoms with Crippen LogP contribution in [0.5, 0.6) is 5.88 Å². The minimum Gasteiger partial charge on any atom is -0.473 e. The summed E-state index contributed by atoms with van der Waals surface area (Å²) < 4.78 is 19.0. The van der Waals surface area contributed by atoms with Gasteiger partial charge in [0.15, 0.2) is 0 Å². The highest BCUT2D eigenvalue weighted by Crippen LogP contribution is 2.24. The number of alkyl halides is 1. The molecule has 1 saturated heterocycles. The molecule has 0 radical (unpaired) electrons. The van der Waals surface area contributed by atoms with Gasteiger partial charge >= 0.3 is 0 Å². The van der Waals surface area contributed by atoms with Gasteiger partial charge in [0.2, 0.25) is 11.7 Å². The van der Waals surface area contributed by atoms with Crippen LogP contribution in [0, 0.1) is 12.3 Å². The summed E-state index contributed by atoms with van der Waals surface area (Å²) >= 11 is 5.83. The molecule has 0 saturated carbocycles. The standard InChI is InChI=1S/C13H15ClFN3O/c1-4-12-16-11(14)6-13(17-12)19-8(2)10-5-9(15)7-18(10)3/h1,6,8-10H,5,7H2,2-3H3/t8-,9+,10-/m0/s1. The van der Waals surface area contributed by atoms with Crippen LogP contribution in [0.4, 0.5) is 4.39 Å². The molecule has 0 spiro atoms. The van der Waals surface area contributed by atoms with Crippen molar-refractivity contribution in [2.75, 3.05) is 13.6 Å². The number of hydrogen-bond acceptors (Lipinski definition) is 4. The van der Waals surface area contributed by atoms with E-state index >= 15 is 0 Å². The van der Waals surface area contributed by atoms with Crippen molar-refractivity contribution in [3.63, 3.8) is 0 Å². The van der Waals surface area contributed by atoms with Gasteiger partial charge in [-0.3, -0.25) is 4.90 Å².